The average molecular weight is 419 g/mol. The summed E-state index contributed by atoms with van der Waals surface area (Å²) in [7, 11) is 0. The van der Waals surface area contributed by atoms with Gasteiger partial charge in [0.25, 0.3) is 0 Å². The summed E-state index contributed by atoms with van der Waals surface area (Å²) < 4.78 is 1.73. The van der Waals surface area contributed by atoms with Crippen LogP contribution >= 0.6 is 11.6 Å². The molecule has 0 bridgehead atoms. The summed E-state index contributed by atoms with van der Waals surface area (Å²) in [6, 6.07) is 0. The number of carbonyl (C=O) groups is 1. The maximum absolute atomic E-state index is 13.4. The van der Waals surface area contributed by atoms with Crippen molar-refractivity contribution in [3.8, 4) is 0 Å². The average Bonchev–Trinajstić information content (AvgIpc) is 3.21. The molecular weight excluding hydrogens is 380 g/mol. The van der Waals surface area contributed by atoms with Gasteiger partial charge in [0.1, 0.15) is 0 Å². The van der Waals surface area contributed by atoms with E-state index >= 15 is 0 Å². The molecule has 3 fully saturated rings. The Morgan fingerprint density at radius 2 is 2.07 bits per heavy atom. The Hall–Kier alpha value is -0.830. The number of nitrogens with zero attached hydrogens (tertiary/aromatic N) is 2. The van der Waals surface area contributed by atoms with Crippen LogP contribution in [0.2, 0.25) is 5.02 Å². The molecule has 3 aliphatic rings. The fourth-order valence-electron chi connectivity index (χ4n) is 8.26. The second-order valence-electron chi connectivity index (χ2n) is 10.7. The number of hydrogen-bond acceptors (Lipinski definition) is 2. The summed E-state index contributed by atoms with van der Waals surface area (Å²) in [5.41, 5.74) is 0.171. The standard InChI is InChI=1S/C25H39ClN2O/c1-5-7-19-17(6-2)8-9-21-20(19)10-11-25(4)22(21)12-16(3)24(25)23(29)15-28-14-18(26)13-27-28/h13-14,16-17,19-22,24H,5-12,15H2,1-4H3. The summed E-state index contributed by atoms with van der Waals surface area (Å²) in [4.78, 5) is 13.4. The first-order valence-corrected chi connectivity index (χ1v) is 12.5. The van der Waals surface area contributed by atoms with Crippen LogP contribution in [0.3, 0.4) is 0 Å². The number of Topliss-reactive ketones (excluding diaryl/α,β-unsaturated/α-hetero) is 1. The summed E-state index contributed by atoms with van der Waals surface area (Å²) in [5, 5.41) is 4.86. The molecule has 8 atom stereocenters. The number of fused-ring (bicyclic) bond motifs is 3. The van der Waals surface area contributed by atoms with Crippen LogP contribution in [0.4, 0.5) is 0 Å². The van der Waals surface area contributed by atoms with Gasteiger partial charge in [-0.2, -0.15) is 5.10 Å². The zero-order valence-electron chi connectivity index (χ0n) is 18.7. The Bertz CT molecular complexity index is 730. The second kappa shape index (κ2) is 8.36. The van der Waals surface area contributed by atoms with Gasteiger partial charge in [0.15, 0.2) is 5.78 Å². The van der Waals surface area contributed by atoms with Crippen molar-refractivity contribution in [3.63, 3.8) is 0 Å². The highest BCUT2D eigenvalue weighted by molar-refractivity contribution is 6.30. The van der Waals surface area contributed by atoms with E-state index in [0.29, 0.717) is 23.3 Å². The molecule has 0 amide bonds. The summed E-state index contributed by atoms with van der Waals surface area (Å²) in [6.07, 6.45) is 14.1. The van der Waals surface area contributed by atoms with Crippen molar-refractivity contribution in [2.24, 2.45) is 46.8 Å². The molecule has 0 N–H and O–H groups in total. The number of rotatable bonds is 6. The van der Waals surface area contributed by atoms with Gasteiger partial charge >= 0.3 is 0 Å². The molecule has 1 aromatic rings. The minimum atomic E-state index is 0.171. The highest BCUT2D eigenvalue weighted by Crippen LogP contribution is 2.65. The Balaban J connectivity index is 1.55. The Morgan fingerprint density at radius 1 is 1.28 bits per heavy atom. The van der Waals surface area contributed by atoms with Crippen molar-refractivity contribution >= 4 is 17.4 Å². The van der Waals surface area contributed by atoms with E-state index in [1.807, 2.05) is 0 Å². The maximum Gasteiger partial charge on any atom is 0.158 e. The van der Waals surface area contributed by atoms with Crippen LogP contribution in [0.5, 0.6) is 0 Å². The van der Waals surface area contributed by atoms with E-state index in [4.69, 9.17) is 11.6 Å². The lowest BCUT2D eigenvalue weighted by atomic mass is 9.50. The molecule has 1 aromatic heterocycles. The van der Waals surface area contributed by atoms with Gasteiger partial charge in [-0.15, -0.1) is 0 Å². The van der Waals surface area contributed by atoms with E-state index in [-0.39, 0.29) is 11.3 Å². The topological polar surface area (TPSA) is 34.9 Å². The van der Waals surface area contributed by atoms with Gasteiger partial charge in [0, 0.05) is 12.1 Å². The molecule has 0 aliphatic heterocycles. The molecule has 162 valence electrons. The Kier molecular flexibility index (Phi) is 6.17. The van der Waals surface area contributed by atoms with E-state index < -0.39 is 0 Å². The molecule has 0 aromatic carbocycles. The smallest absolute Gasteiger partial charge is 0.158 e. The van der Waals surface area contributed by atoms with Crippen LogP contribution in [0.1, 0.15) is 79.1 Å². The number of ketones is 1. The molecule has 8 unspecified atom stereocenters. The predicted molar refractivity (Wildman–Crippen MR) is 119 cm³/mol. The fourth-order valence-corrected chi connectivity index (χ4v) is 8.41. The summed E-state index contributed by atoms with van der Waals surface area (Å²) in [6.45, 7) is 9.91. The van der Waals surface area contributed by atoms with Gasteiger partial charge in [-0.3, -0.25) is 9.48 Å². The van der Waals surface area contributed by atoms with E-state index in [2.05, 4.69) is 32.8 Å². The van der Waals surface area contributed by atoms with Gasteiger partial charge < -0.3 is 0 Å². The van der Waals surface area contributed by atoms with E-state index in [1.165, 1.54) is 51.4 Å². The third kappa shape index (κ3) is 3.70. The first kappa shape index (κ1) is 21.4. The van der Waals surface area contributed by atoms with Crippen LogP contribution < -0.4 is 0 Å². The molecule has 0 radical (unpaired) electrons. The third-order valence-electron chi connectivity index (χ3n) is 9.27. The molecule has 3 saturated carbocycles. The Labute approximate surface area is 182 Å². The Morgan fingerprint density at radius 3 is 2.72 bits per heavy atom. The number of halogens is 1. The van der Waals surface area contributed by atoms with Gasteiger partial charge in [-0.1, -0.05) is 58.6 Å². The van der Waals surface area contributed by atoms with Crippen LogP contribution in [0.25, 0.3) is 0 Å². The number of aromatic nitrogens is 2. The number of hydrogen-bond donors (Lipinski definition) is 0. The van der Waals surface area contributed by atoms with Crippen molar-refractivity contribution < 1.29 is 4.79 Å². The predicted octanol–water partition coefficient (Wildman–Crippen LogP) is 6.65. The van der Waals surface area contributed by atoms with Gasteiger partial charge in [0.05, 0.1) is 17.8 Å². The molecule has 4 heteroatoms. The van der Waals surface area contributed by atoms with Crippen molar-refractivity contribution in [3.05, 3.63) is 17.4 Å². The van der Waals surface area contributed by atoms with Crippen LogP contribution in [0.15, 0.2) is 12.4 Å². The lowest BCUT2D eigenvalue weighted by Gasteiger charge is -2.54. The lowest BCUT2D eigenvalue weighted by molar-refractivity contribution is -0.132. The van der Waals surface area contributed by atoms with Gasteiger partial charge in [0.2, 0.25) is 0 Å². The molecule has 0 saturated heterocycles. The summed E-state index contributed by atoms with van der Waals surface area (Å²) >= 11 is 6.01. The third-order valence-corrected chi connectivity index (χ3v) is 9.47. The highest BCUT2D eigenvalue weighted by Gasteiger charge is 2.59. The monoisotopic (exact) mass is 418 g/mol. The second-order valence-corrected chi connectivity index (χ2v) is 11.1. The van der Waals surface area contributed by atoms with Gasteiger partial charge in [-0.25, -0.2) is 0 Å². The SMILES string of the molecule is CCCC1C(CC)CCC2C1CCC1(C)C2CC(C)C1C(=O)Cn1cc(Cl)cn1. The normalized spacial score (nSPS) is 41.8. The zero-order valence-corrected chi connectivity index (χ0v) is 19.5. The largest absolute Gasteiger partial charge is 0.297 e. The first-order valence-electron chi connectivity index (χ1n) is 12.1. The first-order chi connectivity index (χ1) is 13.9. The van der Waals surface area contributed by atoms with Gasteiger partial charge in [-0.05, 0) is 73.0 Å². The van der Waals surface area contributed by atoms with E-state index in [9.17, 15) is 4.79 Å². The number of carbonyl (C=O) groups excluding carboxylic acids is 1. The van der Waals surface area contributed by atoms with Crippen LogP contribution in [-0.2, 0) is 11.3 Å². The molecule has 3 aliphatic carbocycles. The molecule has 4 rings (SSSR count). The van der Waals surface area contributed by atoms with Crippen molar-refractivity contribution in [1.82, 2.24) is 9.78 Å². The van der Waals surface area contributed by atoms with E-state index in [0.717, 1.165) is 29.6 Å². The zero-order chi connectivity index (χ0) is 20.8. The quantitative estimate of drug-likeness (QED) is 0.518. The molecular formula is C25H39ClN2O. The van der Waals surface area contributed by atoms with Crippen molar-refractivity contribution in [1.29, 1.82) is 0 Å². The minimum absolute atomic E-state index is 0.171. The van der Waals surface area contributed by atoms with E-state index in [1.54, 1.807) is 17.1 Å². The molecule has 29 heavy (non-hydrogen) atoms. The van der Waals surface area contributed by atoms with Crippen LogP contribution in [-0.4, -0.2) is 15.6 Å². The van der Waals surface area contributed by atoms with Crippen molar-refractivity contribution in [2.75, 3.05) is 0 Å². The fraction of sp³-hybridized carbons (Fsp3) is 0.840. The highest BCUT2D eigenvalue weighted by atomic mass is 35.5. The molecule has 3 nitrogen and oxygen atoms in total. The van der Waals surface area contributed by atoms with Crippen LogP contribution in [0, 0.1) is 46.8 Å². The molecule has 1 heterocycles. The minimum Gasteiger partial charge on any atom is -0.297 e. The lowest BCUT2D eigenvalue weighted by Crippen LogP contribution is -2.48. The molecule has 0 spiro atoms. The summed E-state index contributed by atoms with van der Waals surface area (Å²) in [5.74, 6) is 5.34. The maximum atomic E-state index is 13.4. The van der Waals surface area contributed by atoms with Crippen molar-refractivity contribution in [2.45, 2.75) is 85.6 Å².